The molecule has 440 valence electrons. The normalized spacial score (nSPS) is 16.2. The monoisotopic (exact) mass is 1140 g/mol. The maximum absolute atomic E-state index is 13.1. The fourth-order valence-corrected chi connectivity index (χ4v) is 9.50. The van der Waals surface area contributed by atoms with Crippen molar-refractivity contribution in [2.45, 2.75) is 153 Å². The number of halogens is 12. The van der Waals surface area contributed by atoms with Gasteiger partial charge in [0.2, 0.25) is 0 Å². The van der Waals surface area contributed by atoms with Crippen molar-refractivity contribution in [1.29, 1.82) is 0 Å². The maximum Gasteiger partial charge on any atom is 0.430 e. The van der Waals surface area contributed by atoms with Gasteiger partial charge in [-0.1, -0.05) is 101 Å². The summed E-state index contributed by atoms with van der Waals surface area (Å²) in [6, 6.07) is 21.4. The molecular weight excluding hydrogens is 1060 g/mol. The van der Waals surface area contributed by atoms with Crippen molar-refractivity contribution in [3.05, 3.63) is 141 Å². The Balaban J connectivity index is 0.000000342. The SMILES string of the molecule is CCC(CC)(c1ccc(/C=C/C(O)(C(F)(F)F)C(F)(F)F)c(C)c1)c1ccc(OCC(CO)CO)c(C)c1.CCC(CC)(c1ccc(/C=C/C(O)(C(F)(F)F)C(F)(F)F)c(C)c1)c1ccc(OCC2COC(C)(C)CO2)c(C)c1. The molecule has 1 aliphatic rings. The number of aliphatic hydroxyl groups is 4. The summed E-state index contributed by atoms with van der Waals surface area (Å²) < 4.78 is 180. The predicted octanol–water partition coefficient (Wildman–Crippen LogP) is 14.1. The minimum Gasteiger partial charge on any atom is -0.493 e. The van der Waals surface area contributed by atoms with Gasteiger partial charge in [-0.15, -0.1) is 0 Å². The first-order valence-electron chi connectivity index (χ1n) is 25.8. The molecule has 0 saturated carbocycles. The van der Waals surface area contributed by atoms with E-state index in [1.807, 2.05) is 85.7 Å². The van der Waals surface area contributed by atoms with Crippen molar-refractivity contribution in [1.82, 2.24) is 0 Å². The highest BCUT2D eigenvalue weighted by Gasteiger charge is 2.70. The van der Waals surface area contributed by atoms with Crippen LogP contribution in [0.25, 0.3) is 12.2 Å². The molecule has 1 heterocycles. The van der Waals surface area contributed by atoms with Crippen LogP contribution in [0.5, 0.6) is 11.5 Å². The molecular formula is C59H72F12O8. The van der Waals surface area contributed by atoms with Gasteiger partial charge in [0.05, 0.1) is 38.6 Å². The number of hydrogen-bond acceptors (Lipinski definition) is 8. The summed E-state index contributed by atoms with van der Waals surface area (Å²) in [5.74, 6) is 0.903. The van der Waals surface area contributed by atoms with Gasteiger partial charge in [0, 0.05) is 16.7 Å². The predicted molar refractivity (Wildman–Crippen MR) is 278 cm³/mol. The smallest absolute Gasteiger partial charge is 0.430 e. The summed E-state index contributed by atoms with van der Waals surface area (Å²) in [6.45, 7) is 20.0. The lowest BCUT2D eigenvalue weighted by atomic mass is 9.70. The van der Waals surface area contributed by atoms with E-state index < -0.39 is 52.7 Å². The van der Waals surface area contributed by atoms with Crippen molar-refractivity contribution in [2.24, 2.45) is 5.92 Å². The zero-order chi connectivity index (χ0) is 59.8. The van der Waals surface area contributed by atoms with Gasteiger partial charge in [-0.3, -0.25) is 0 Å². The first kappa shape index (κ1) is 66.4. The number of hydrogen-bond donors (Lipinski definition) is 4. The Hall–Kier alpha value is -5.12. The van der Waals surface area contributed by atoms with E-state index >= 15 is 0 Å². The lowest BCUT2D eigenvalue weighted by Crippen LogP contribution is -2.55. The largest absolute Gasteiger partial charge is 0.493 e. The number of ether oxygens (including phenoxy) is 4. The van der Waals surface area contributed by atoms with E-state index in [-0.39, 0.29) is 54.8 Å². The third-order valence-corrected chi connectivity index (χ3v) is 15.0. The van der Waals surface area contributed by atoms with E-state index in [0.717, 1.165) is 33.4 Å². The van der Waals surface area contributed by atoms with E-state index in [9.17, 15) is 73.1 Å². The van der Waals surface area contributed by atoms with Gasteiger partial charge in [0.25, 0.3) is 11.2 Å². The molecule has 5 rings (SSSR count). The van der Waals surface area contributed by atoms with Crippen LogP contribution in [0.4, 0.5) is 52.7 Å². The van der Waals surface area contributed by atoms with Crippen molar-refractivity contribution >= 4 is 12.2 Å². The first-order chi connectivity index (χ1) is 36.5. The molecule has 79 heavy (non-hydrogen) atoms. The zero-order valence-electron chi connectivity index (χ0n) is 45.9. The van der Waals surface area contributed by atoms with Crippen molar-refractivity contribution in [3.63, 3.8) is 0 Å². The first-order valence-corrected chi connectivity index (χ1v) is 25.8. The molecule has 8 nitrogen and oxygen atoms in total. The summed E-state index contributed by atoms with van der Waals surface area (Å²) in [6.07, 6.45) is -20.4. The lowest BCUT2D eigenvalue weighted by Gasteiger charge is -2.35. The van der Waals surface area contributed by atoms with Crippen LogP contribution in [0.1, 0.15) is 123 Å². The number of alkyl halides is 12. The Labute approximate surface area is 454 Å². The van der Waals surface area contributed by atoms with Crippen LogP contribution in [0, 0.1) is 33.6 Å². The Kier molecular flexibility index (Phi) is 21.7. The summed E-state index contributed by atoms with van der Waals surface area (Å²) >= 11 is 0. The van der Waals surface area contributed by atoms with Crippen molar-refractivity contribution < 1.29 is 92.1 Å². The fourth-order valence-electron chi connectivity index (χ4n) is 9.50. The number of rotatable bonds is 20. The Bertz CT molecular complexity index is 2660. The van der Waals surface area contributed by atoms with E-state index in [0.29, 0.717) is 80.3 Å². The van der Waals surface area contributed by atoms with Gasteiger partial charge < -0.3 is 39.4 Å². The molecule has 0 radical (unpaired) electrons. The Morgan fingerprint density at radius 3 is 1.18 bits per heavy atom. The minimum atomic E-state index is -5.93. The highest BCUT2D eigenvalue weighted by atomic mass is 19.4. The van der Waals surface area contributed by atoms with E-state index in [1.165, 1.54) is 12.1 Å². The molecule has 0 amide bonds. The quantitative estimate of drug-likeness (QED) is 0.0647. The summed E-state index contributed by atoms with van der Waals surface area (Å²) in [5, 5.41) is 37.4. The minimum absolute atomic E-state index is 0.115. The Morgan fingerprint density at radius 2 is 0.886 bits per heavy atom. The molecule has 1 atom stereocenters. The number of aliphatic hydroxyl groups excluding tert-OH is 2. The van der Waals surface area contributed by atoms with Crippen LogP contribution in [0.15, 0.2) is 84.9 Å². The average Bonchev–Trinajstić information content (AvgIpc) is 3.36. The molecule has 20 heteroatoms. The third-order valence-electron chi connectivity index (χ3n) is 15.0. The maximum atomic E-state index is 13.1. The third kappa shape index (κ3) is 14.9. The van der Waals surface area contributed by atoms with Gasteiger partial charge in [0.15, 0.2) is 0 Å². The molecule has 4 aromatic carbocycles. The van der Waals surface area contributed by atoms with Gasteiger partial charge >= 0.3 is 24.7 Å². The molecule has 0 spiro atoms. The fraction of sp³-hybridized carbons (Fsp3) is 0.525. The Morgan fingerprint density at radius 1 is 0.544 bits per heavy atom. The molecule has 1 fully saturated rings. The van der Waals surface area contributed by atoms with Gasteiger partial charge in [-0.05, 0) is 147 Å². The second-order valence-electron chi connectivity index (χ2n) is 20.7. The number of aryl methyl sites for hydroxylation is 4. The molecule has 1 saturated heterocycles. The van der Waals surface area contributed by atoms with Gasteiger partial charge in [-0.2, -0.15) is 52.7 Å². The molecule has 0 aliphatic carbocycles. The van der Waals surface area contributed by atoms with Crippen LogP contribution in [0.3, 0.4) is 0 Å². The standard InChI is InChI=1S/C31H38F6O4.C28H34F6O4/c1-7-28(8-2,24-11-12-26(21(4)16-24)39-17-25-18-41-27(5,6)19-40-25)23-10-9-22(20(3)15-23)13-14-29(38,30(32,33)34)31(35,36)37;1-5-25(6-2,23-9-10-24(19(4)14-23)38-17-20(15-35)16-36)22-8-7-21(18(3)13-22)11-12-26(37,27(29,30)31)28(32,33)34/h9-16,25,38H,7-8,17-19H2,1-6H3;7-14,20,35-37H,5-6,15-17H2,1-4H3/b14-13+;12-11+. The summed E-state index contributed by atoms with van der Waals surface area (Å²) in [7, 11) is 0. The van der Waals surface area contributed by atoms with Crippen LogP contribution in [-0.4, -0.2) is 108 Å². The molecule has 4 N–H and O–H groups in total. The molecule has 1 unspecified atom stereocenters. The topological polar surface area (TPSA) is 118 Å². The molecule has 4 aromatic rings. The van der Waals surface area contributed by atoms with Crippen molar-refractivity contribution in [3.8, 4) is 11.5 Å². The van der Waals surface area contributed by atoms with Crippen LogP contribution in [-0.2, 0) is 20.3 Å². The van der Waals surface area contributed by atoms with E-state index in [4.69, 9.17) is 18.9 Å². The van der Waals surface area contributed by atoms with Crippen LogP contribution < -0.4 is 9.47 Å². The van der Waals surface area contributed by atoms with Gasteiger partial charge in [0.1, 0.15) is 24.2 Å². The summed E-state index contributed by atoms with van der Waals surface area (Å²) in [5.41, 5.74) is -4.56. The molecule has 0 aromatic heterocycles. The molecule has 1 aliphatic heterocycles. The van der Waals surface area contributed by atoms with Crippen LogP contribution in [0.2, 0.25) is 0 Å². The van der Waals surface area contributed by atoms with E-state index in [2.05, 4.69) is 0 Å². The molecule has 0 bridgehead atoms. The van der Waals surface area contributed by atoms with Gasteiger partial charge in [-0.25, -0.2) is 0 Å². The second-order valence-corrected chi connectivity index (χ2v) is 20.7. The average molecular weight is 1140 g/mol. The number of benzene rings is 4. The van der Waals surface area contributed by atoms with E-state index in [1.54, 1.807) is 44.2 Å². The highest BCUT2D eigenvalue weighted by Crippen LogP contribution is 2.47. The highest BCUT2D eigenvalue weighted by molar-refractivity contribution is 5.59. The zero-order valence-corrected chi connectivity index (χ0v) is 45.9. The lowest BCUT2D eigenvalue weighted by molar-refractivity contribution is -0.348. The van der Waals surface area contributed by atoms with Crippen molar-refractivity contribution in [2.75, 3.05) is 39.6 Å². The van der Waals surface area contributed by atoms with Crippen LogP contribution >= 0.6 is 0 Å². The summed E-state index contributed by atoms with van der Waals surface area (Å²) in [4.78, 5) is 0. The second kappa shape index (κ2) is 25.8.